The number of para-hydroxylation sites is 2. The van der Waals surface area contributed by atoms with Gasteiger partial charge in [-0.2, -0.15) is 8.78 Å². The summed E-state index contributed by atoms with van der Waals surface area (Å²) in [4.78, 5) is 14.1. The molecule has 0 aliphatic rings. The Labute approximate surface area is 152 Å². The van der Waals surface area contributed by atoms with Gasteiger partial charge in [0, 0.05) is 25.8 Å². The Balaban J connectivity index is 1.80. The van der Waals surface area contributed by atoms with E-state index in [1.54, 1.807) is 19.1 Å². The molecule has 2 N–H and O–H groups in total. The van der Waals surface area contributed by atoms with Crippen molar-refractivity contribution in [3.8, 4) is 5.75 Å². The van der Waals surface area contributed by atoms with E-state index in [9.17, 15) is 13.6 Å². The van der Waals surface area contributed by atoms with Crippen LogP contribution in [0.3, 0.4) is 0 Å². The Kier molecular flexibility index (Phi) is 7.20. The maximum absolute atomic E-state index is 12.5. The smallest absolute Gasteiger partial charge is 0.387 e. The highest BCUT2D eigenvalue weighted by atomic mass is 19.3. The van der Waals surface area contributed by atoms with Crippen molar-refractivity contribution < 1.29 is 18.3 Å². The highest BCUT2D eigenvalue weighted by molar-refractivity contribution is 5.91. The summed E-state index contributed by atoms with van der Waals surface area (Å²) in [5, 5.41) is 5.31. The number of carbonyl (C=O) groups is 1. The highest BCUT2D eigenvalue weighted by Crippen LogP contribution is 2.29. The maximum Gasteiger partial charge on any atom is 0.387 e. The van der Waals surface area contributed by atoms with Crippen molar-refractivity contribution in [2.45, 2.75) is 20.0 Å². The molecule has 5 nitrogen and oxygen atoms in total. The number of nitrogens with one attached hydrogen (secondary N) is 2. The number of hydrogen-bond donors (Lipinski definition) is 2. The zero-order valence-corrected chi connectivity index (χ0v) is 14.8. The number of aryl methyl sites for hydroxylation is 1. The van der Waals surface area contributed by atoms with E-state index in [1.165, 1.54) is 6.07 Å². The molecule has 7 heteroatoms. The third-order valence-electron chi connectivity index (χ3n) is 3.84. The van der Waals surface area contributed by atoms with Gasteiger partial charge in [-0.1, -0.05) is 30.3 Å². The number of carbonyl (C=O) groups excluding carboxylic acids is 1. The molecule has 0 fully saturated rings. The van der Waals surface area contributed by atoms with Gasteiger partial charge in [0.15, 0.2) is 0 Å². The van der Waals surface area contributed by atoms with Crippen LogP contribution in [-0.2, 0) is 0 Å². The number of nitrogens with zero attached hydrogens (tertiary/aromatic N) is 1. The summed E-state index contributed by atoms with van der Waals surface area (Å²) in [6.07, 6.45) is 0.743. The van der Waals surface area contributed by atoms with Crippen LogP contribution in [0.1, 0.15) is 12.0 Å². The van der Waals surface area contributed by atoms with Crippen molar-refractivity contribution >= 4 is 17.4 Å². The lowest BCUT2D eigenvalue weighted by molar-refractivity contribution is -0.0493. The minimum Gasteiger partial charge on any atom is -0.433 e. The molecule has 140 valence electrons. The number of benzene rings is 2. The van der Waals surface area contributed by atoms with Crippen LogP contribution in [0.4, 0.5) is 25.0 Å². The van der Waals surface area contributed by atoms with Crippen molar-refractivity contribution in [3.05, 3.63) is 54.1 Å². The van der Waals surface area contributed by atoms with Gasteiger partial charge in [0.05, 0.1) is 5.69 Å². The summed E-state index contributed by atoms with van der Waals surface area (Å²) in [5.41, 5.74) is 1.99. The summed E-state index contributed by atoms with van der Waals surface area (Å²) >= 11 is 0. The van der Waals surface area contributed by atoms with E-state index in [-0.39, 0.29) is 11.4 Å². The van der Waals surface area contributed by atoms with Gasteiger partial charge < -0.3 is 20.3 Å². The molecule has 2 aromatic rings. The number of alkyl halides is 2. The van der Waals surface area contributed by atoms with Gasteiger partial charge in [-0.05, 0) is 37.1 Å². The molecule has 0 atom stereocenters. The van der Waals surface area contributed by atoms with Gasteiger partial charge in [-0.25, -0.2) is 4.79 Å². The Morgan fingerprint density at radius 1 is 1.15 bits per heavy atom. The van der Waals surface area contributed by atoms with E-state index in [2.05, 4.69) is 20.3 Å². The fourth-order valence-electron chi connectivity index (χ4n) is 2.48. The monoisotopic (exact) mass is 363 g/mol. The topological polar surface area (TPSA) is 53.6 Å². The van der Waals surface area contributed by atoms with Crippen molar-refractivity contribution in [3.63, 3.8) is 0 Å². The number of rotatable bonds is 8. The average Bonchev–Trinajstić information content (AvgIpc) is 2.62. The average molecular weight is 363 g/mol. The van der Waals surface area contributed by atoms with Crippen molar-refractivity contribution in [2.24, 2.45) is 0 Å². The second kappa shape index (κ2) is 9.60. The van der Waals surface area contributed by atoms with Crippen LogP contribution < -0.4 is 20.3 Å². The Morgan fingerprint density at radius 2 is 1.88 bits per heavy atom. The lowest BCUT2D eigenvalue weighted by Crippen LogP contribution is -2.32. The number of urea groups is 1. The third kappa shape index (κ3) is 5.91. The molecule has 0 radical (unpaired) electrons. The van der Waals surface area contributed by atoms with Gasteiger partial charge in [-0.15, -0.1) is 0 Å². The summed E-state index contributed by atoms with van der Waals surface area (Å²) < 4.78 is 29.4. The summed E-state index contributed by atoms with van der Waals surface area (Å²) in [6, 6.07) is 14.2. The quantitative estimate of drug-likeness (QED) is 0.690. The van der Waals surface area contributed by atoms with Crippen molar-refractivity contribution in [1.82, 2.24) is 5.32 Å². The zero-order chi connectivity index (χ0) is 18.9. The van der Waals surface area contributed by atoms with Gasteiger partial charge in [-0.3, -0.25) is 0 Å². The molecular formula is C19H23F2N3O2. The van der Waals surface area contributed by atoms with E-state index in [1.807, 2.05) is 37.4 Å². The Morgan fingerprint density at radius 3 is 2.58 bits per heavy atom. The van der Waals surface area contributed by atoms with Crippen LogP contribution in [0.15, 0.2) is 48.5 Å². The van der Waals surface area contributed by atoms with Gasteiger partial charge in [0.1, 0.15) is 5.75 Å². The fraction of sp³-hybridized carbons (Fsp3) is 0.316. The second-order valence-electron chi connectivity index (χ2n) is 5.82. The largest absolute Gasteiger partial charge is 0.433 e. The Hall–Kier alpha value is -2.83. The lowest BCUT2D eigenvalue weighted by atomic mass is 10.2. The van der Waals surface area contributed by atoms with Crippen LogP contribution in [0.5, 0.6) is 5.75 Å². The van der Waals surface area contributed by atoms with E-state index in [4.69, 9.17) is 0 Å². The molecule has 2 amide bonds. The standard InChI is InChI=1S/C19H23F2N3O2/c1-14-8-6-11-16(26-18(20)21)17(14)23-19(25)22-12-7-13-24(2)15-9-4-3-5-10-15/h3-6,8-11,18H,7,12-13H2,1-2H3,(H2,22,23,25). The number of amides is 2. The first-order valence-electron chi connectivity index (χ1n) is 8.33. The predicted molar refractivity (Wildman–Crippen MR) is 99.2 cm³/mol. The molecule has 0 aliphatic carbocycles. The molecule has 0 saturated carbocycles. The SMILES string of the molecule is Cc1cccc(OC(F)F)c1NC(=O)NCCCN(C)c1ccccc1. The molecule has 0 saturated heterocycles. The van der Waals surface area contributed by atoms with E-state index < -0.39 is 12.6 Å². The Bertz CT molecular complexity index is 711. The van der Waals surface area contributed by atoms with Crippen LogP contribution >= 0.6 is 0 Å². The second-order valence-corrected chi connectivity index (χ2v) is 5.82. The summed E-state index contributed by atoms with van der Waals surface area (Å²) in [6.45, 7) is -0.00850. The van der Waals surface area contributed by atoms with E-state index >= 15 is 0 Å². The molecule has 0 spiro atoms. The molecule has 0 bridgehead atoms. The first kappa shape index (κ1) is 19.5. The van der Waals surface area contributed by atoms with E-state index in [0.717, 1.165) is 18.7 Å². The number of ether oxygens (including phenoxy) is 1. The summed E-state index contributed by atoms with van der Waals surface area (Å²) in [7, 11) is 1.98. The number of hydrogen-bond acceptors (Lipinski definition) is 3. The molecule has 0 unspecified atom stereocenters. The minimum absolute atomic E-state index is 0.0565. The molecule has 2 rings (SSSR count). The minimum atomic E-state index is -2.95. The first-order chi connectivity index (χ1) is 12.5. The maximum atomic E-state index is 12.5. The zero-order valence-electron chi connectivity index (χ0n) is 14.8. The number of anilines is 2. The number of halogens is 2. The van der Waals surface area contributed by atoms with Crippen molar-refractivity contribution in [2.75, 3.05) is 30.4 Å². The molecule has 0 heterocycles. The van der Waals surface area contributed by atoms with Crippen LogP contribution in [-0.4, -0.2) is 32.8 Å². The van der Waals surface area contributed by atoms with Gasteiger partial charge in [0.2, 0.25) is 0 Å². The normalized spacial score (nSPS) is 10.5. The molecular weight excluding hydrogens is 340 g/mol. The first-order valence-corrected chi connectivity index (χ1v) is 8.33. The molecule has 2 aromatic carbocycles. The van der Waals surface area contributed by atoms with Crippen LogP contribution in [0, 0.1) is 6.92 Å². The van der Waals surface area contributed by atoms with Crippen LogP contribution in [0.25, 0.3) is 0 Å². The van der Waals surface area contributed by atoms with Crippen molar-refractivity contribution in [1.29, 1.82) is 0 Å². The lowest BCUT2D eigenvalue weighted by Gasteiger charge is -2.19. The highest BCUT2D eigenvalue weighted by Gasteiger charge is 2.13. The summed E-state index contributed by atoms with van der Waals surface area (Å²) in [5.74, 6) is -0.0565. The van der Waals surface area contributed by atoms with Gasteiger partial charge >= 0.3 is 12.6 Å². The molecule has 26 heavy (non-hydrogen) atoms. The van der Waals surface area contributed by atoms with E-state index in [0.29, 0.717) is 12.1 Å². The van der Waals surface area contributed by atoms with Crippen LogP contribution in [0.2, 0.25) is 0 Å². The third-order valence-corrected chi connectivity index (χ3v) is 3.84. The van der Waals surface area contributed by atoms with Gasteiger partial charge in [0.25, 0.3) is 0 Å². The molecule has 0 aliphatic heterocycles. The molecule has 0 aromatic heterocycles. The fourth-order valence-corrected chi connectivity index (χ4v) is 2.48. The predicted octanol–water partition coefficient (Wildman–Crippen LogP) is 4.24.